The Kier molecular flexibility index (Phi) is 2.50. The van der Waals surface area contributed by atoms with Crippen molar-refractivity contribution in [3.05, 3.63) is 11.1 Å². The summed E-state index contributed by atoms with van der Waals surface area (Å²) in [6, 6.07) is 0. The van der Waals surface area contributed by atoms with Gasteiger partial charge in [0.25, 0.3) is 0 Å². The van der Waals surface area contributed by atoms with Gasteiger partial charge in [0, 0.05) is 0 Å². The normalized spacial score (nSPS) is 53.0. The second kappa shape index (κ2) is 3.73. The monoisotopic (exact) mass is 272 g/mol. The molecule has 0 aromatic rings. The minimum absolute atomic E-state index is 0.585. The molecule has 0 saturated heterocycles. The molecule has 0 aromatic heterocycles. The minimum atomic E-state index is 0.585. The van der Waals surface area contributed by atoms with Crippen molar-refractivity contribution in [3.63, 3.8) is 0 Å². The summed E-state index contributed by atoms with van der Waals surface area (Å²) < 4.78 is 0. The molecule has 0 radical (unpaired) electrons. The maximum Gasteiger partial charge on any atom is -0.00231 e. The third-order valence-electron chi connectivity index (χ3n) is 8.31. The molecular formula is C20H32. The predicted octanol–water partition coefficient (Wildman–Crippen LogP) is 5.98. The molecule has 0 bridgehead atoms. The Labute approximate surface area is 125 Å². The first-order valence-corrected chi connectivity index (χ1v) is 9.00. The van der Waals surface area contributed by atoms with Gasteiger partial charge in [-0.1, -0.05) is 38.8 Å². The third-order valence-corrected chi connectivity index (χ3v) is 8.31. The first-order chi connectivity index (χ1) is 9.31. The molecule has 4 rings (SSSR count). The lowest BCUT2D eigenvalue weighted by Gasteiger charge is -2.46. The molecule has 0 N–H and O–H groups in total. The average molecular weight is 272 g/mol. The average Bonchev–Trinajstić information content (AvgIpc) is 2.91. The molecule has 4 aliphatic rings. The lowest BCUT2D eigenvalue weighted by molar-refractivity contribution is 0.0791. The van der Waals surface area contributed by atoms with Crippen LogP contribution < -0.4 is 0 Å². The maximum atomic E-state index is 2.65. The second-order valence-corrected chi connectivity index (χ2v) is 9.68. The van der Waals surface area contributed by atoms with Gasteiger partial charge in [0.1, 0.15) is 0 Å². The molecule has 0 heterocycles. The van der Waals surface area contributed by atoms with Gasteiger partial charge in [0.15, 0.2) is 0 Å². The van der Waals surface area contributed by atoms with Crippen LogP contribution in [0.25, 0.3) is 0 Å². The summed E-state index contributed by atoms with van der Waals surface area (Å²) in [6.45, 7) is 12.8. The van der Waals surface area contributed by atoms with Gasteiger partial charge in [0.05, 0.1) is 0 Å². The van der Waals surface area contributed by atoms with E-state index in [1.807, 2.05) is 5.57 Å². The lowest BCUT2D eigenvalue weighted by atomic mass is 9.58. The van der Waals surface area contributed by atoms with Crippen LogP contribution in [-0.2, 0) is 0 Å². The minimum Gasteiger partial charge on any atom is -0.0735 e. The van der Waals surface area contributed by atoms with Crippen molar-refractivity contribution in [2.75, 3.05) is 0 Å². The highest BCUT2D eigenvalue weighted by molar-refractivity contribution is 5.35. The van der Waals surface area contributed by atoms with E-state index >= 15 is 0 Å². The standard InChI is InChI=1S/C20H32/c1-13-6-8-16-17-18(3,4)10-11-19(17,5)12-20(16)14(2)7-9-15(13)20/h14,16-17H,6-12H2,1-5H3/t14-,16-,17+,19-,20+/m0/s1. The van der Waals surface area contributed by atoms with Gasteiger partial charge in [0.2, 0.25) is 0 Å². The Bertz CT molecular complexity index is 482. The Morgan fingerprint density at radius 2 is 1.75 bits per heavy atom. The van der Waals surface area contributed by atoms with Crippen molar-refractivity contribution in [3.8, 4) is 0 Å². The van der Waals surface area contributed by atoms with Gasteiger partial charge in [-0.3, -0.25) is 0 Å². The molecule has 3 saturated carbocycles. The zero-order valence-electron chi connectivity index (χ0n) is 14.2. The predicted molar refractivity (Wildman–Crippen MR) is 85.5 cm³/mol. The van der Waals surface area contributed by atoms with Crippen molar-refractivity contribution in [1.82, 2.24) is 0 Å². The molecule has 5 atom stereocenters. The van der Waals surface area contributed by atoms with Crippen LogP contribution in [0.15, 0.2) is 11.1 Å². The van der Waals surface area contributed by atoms with Gasteiger partial charge in [-0.05, 0) is 85.9 Å². The molecule has 20 heavy (non-hydrogen) atoms. The molecule has 0 aliphatic heterocycles. The van der Waals surface area contributed by atoms with E-state index in [4.69, 9.17) is 0 Å². The first-order valence-electron chi connectivity index (χ1n) is 9.00. The molecule has 112 valence electrons. The first kappa shape index (κ1) is 13.4. The van der Waals surface area contributed by atoms with Crippen molar-refractivity contribution in [1.29, 1.82) is 0 Å². The highest BCUT2D eigenvalue weighted by atomic mass is 14.7. The van der Waals surface area contributed by atoms with E-state index in [1.165, 1.54) is 44.9 Å². The molecule has 0 aromatic carbocycles. The highest BCUT2D eigenvalue weighted by Crippen LogP contribution is 2.77. The molecule has 3 fully saturated rings. The van der Waals surface area contributed by atoms with E-state index in [9.17, 15) is 0 Å². The smallest absolute Gasteiger partial charge is 0.00231 e. The van der Waals surface area contributed by atoms with E-state index < -0.39 is 0 Å². The summed E-state index contributed by atoms with van der Waals surface area (Å²) in [5, 5.41) is 0. The van der Waals surface area contributed by atoms with Crippen molar-refractivity contribution < 1.29 is 0 Å². The van der Waals surface area contributed by atoms with E-state index in [-0.39, 0.29) is 0 Å². The second-order valence-electron chi connectivity index (χ2n) is 9.68. The summed E-state index contributed by atoms with van der Waals surface area (Å²) in [6.07, 6.45) is 10.3. The number of fused-ring (bicyclic) bond motifs is 2. The summed E-state index contributed by atoms with van der Waals surface area (Å²) in [7, 11) is 0. The number of hydrogen-bond donors (Lipinski definition) is 0. The number of allylic oxidation sites excluding steroid dienone is 2. The summed E-state index contributed by atoms with van der Waals surface area (Å²) in [5.74, 6) is 2.93. The van der Waals surface area contributed by atoms with Gasteiger partial charge < -0.3 is 0 Å². The quantitative estimate of drug-likeness (QED) is 0.476. The largest absolute Gasteiger partial charge is 0.0735 e. The molecule has 0 nitrogen and oxygen atoms in total. The zero-order valence-corrected chi connectivity index (χ0v) is 14.2. The Morgan fingerprint density at radius 1 is 1.00 bits per heavy atom. The molecule has 4 aliphatic carbocycles. The van der Waals surface area contributed by atoms with E-state index in [1.54, 1.807) is 5.57 Å². The van der Waals surface area contributed by atoms with Gasteiger partial charge in [-0.25, -0.2) is 0 Å². The van der Waals surface area contributed by atoms with Crippen LogP contribution in [0.1, 0.15) is 79.6 Å². The SMILES string of the molecule is CC1=C2CC[C@H](C)[C@]23C[C@]2(C)CCC(C)(C)[C@H]2[C@@H]3CC1. The van der Waals surface area contributed by atoms with Crippen LogP contribution in [0.4, 0.5) is 0 Å². The Hall–Kier alpha value is -0.260. The Morgan fingerprint density at radius 3 is 2.50 bits per heavy atom. The van der Waals surface area contributed by atoms with Crippen LogP contribution in [0.5, 0.6) is 0 Å². The van der Waals surface area contributed by atoms with Crippen molar-refractivity contribution >= 4 is 0 Å². The van der Waals surface area contributed by atoms with Crippen LogP contribution in [0.3, 0.4) is 0 Å². The molecule has 0 heteroatoms. The number of rotatable bonds is 0. The van der Waals surface area contributed by atoms with E-state index in [2.05, 4.69) is 34.6 Å². The Balaban J connectivity index is 1.88. The van der Waals surface area contributed by atoms with Crippen LogP contribution in [0.2, 0.25) is 0 Å². The van der Waals surface area contributed by atoms with Crippen LogP contribution >= 0.6 is 0 Å². The molecule has 1 spiro atoms. The fourth-order valence-electron chi connectivity index (χ4n) is 7.76. The van der Waals surface area contributed by atoms with Gasteiger partial charge in [-0.15, -0.1) is 0 Å². The summed E-state index contributed by atoms with van der Waals surface area (Å²) in [4.78, 5) is 0. The fourth-order valence-corrected chi connectivity index (χ4v) is 7.76. The third kappa shape index (κ3) is 1.35. The lowest BCUT2D eigenvalue weighted by Crippen LogP contribution is -2.39. The van der Waals surface area contributed by atoms with Gasteiger partial charge in [-0.2, -0.15) is 0 Å². The fraction of sp³-hybridized carbons (Fsp3) is 0.900. The molecule has 0 unspecified atom stereocenters. The topological polar surface area (TPSA) is 0 Å². The molecular weight excluding hydrogens is 240 g/mol. The molecule has 0 amide bonds. The summed E-state index contributed by atoms with van der Waals surface area (Å²) >= 11 is 0. The van der Waals surface area contributed by atoms with Crippen molar-refractivity contribution in [2.24, 2.45) is 34.0 Å². The van der Waals surface area contributed by atoms with Crippen LogP contribution in [-0.4, -0.2) is 0 Å². The van der Waals surface area contributed by atoms with Crippen LogP contribution in [0, 0.1) is 34.0 Å². The number of hydrogen-bond acceptors (Lipinski definition) is 0. The van der Waals surface area contributed by atoms with Crippen molar-refractivity contribution in [2.45, 2.75) is 79.6 Å². The highest BCUT2D eigenvalue weighted by Gasteiger charge is 2.68. The maximum absolute atomic E-state index is 2.65. The van der Waals surface area contributed by atoms with E-state index in [0.717, 1.165) is 17.8 Å². The zero-order chi connectivity index (χ0) is 14.3. The van der Waals surface area contributed by atoms with Gasteiger partial charge >= 0.3 is 0 Å². The summed E-state index contributed by atoms with van der Waals surface area (Å²) in [5.41, 5.74) is 5.57. The van der Waals surface area contributed by atoms with E-state index in [0.29, 0.717) is 16.2 Å².